The van der Waals surface area contributed by atoms with Gasteiger partial charge in [0.25, 0.3) is 5.76 Å². The Morgan fingerprint density at radius 3 is 2.68 bits per heavy atom. The number of carbonyl (C=O) groups excluding carboxylic acids is 1. The Morgan fingerprint density at radius 1 is 1.21 bits per heavy atom. The van der Waals surface area contributed by atoms with Crippen molar-refractivity contribution in [1.82, 2.24) is 14.8 Å². The number of para-hydroxylation sites is 2. The van der Waals surface area contributed by atoms with E-state index in [0.29, 0.717) is 33.3 Å². The molecule has 0 spiro atoms. The van der Waals surface area contributed by atoms with Gasteiger partial charge in [-0.25, -0.2) is 0 Å². The lowest BCUT2D eigenvalue weighted by Gasteiger charge is -2.10. The number of hydrogen-bond donors (Lipinski definition) is 1. The number of anilines is 1. The molecule has 3 aromatic rings. The molecule has 0 saturated heterocycles. The van der Waals surface area contributed by atoms with Gasteiger partial charge in [-0.1, -0.05) is 35.7 Å². The zero-order valence-electron chi connectivity index (χ0n) is 14.7. The first kappa shape index (κ1) is 20.2. The minimum absolute atomic E-state index is 0.112. The molecule has 0 radical (unpaired) electrons. The van der Waals surface area contributed by atoms with E-state index in [2.05, 4.69) is 15.5 Å². The summed E-state index contributed by atoms with van der Waals surface area (Å²) in [6.07, 6.45) is 1.55. The van der Waals surface area contributed by atoms with Crippen LogP contribution in [0.5, 0.6) is 5.75 Å². The molecule has 1 aromatic heterocycles. The van der Waals surface area contributed by atoms with E-state index in [-0.39, 0.29) is 11.7 Å². The first-order valence-electron chi connectivity index (χ1n) is 8.08. The average molecular weight is 422 g/mol. The number of rotatable bonds is 8. The molecule has 10 heteroatoms. The third kappa shape index (κ3) is 5.23. The Labute approximate surface area is 168 Å². The molecule has 6 nitrogen and oxygen atoms in total. The molecule has 0 aliphatic rings. The minimum atomic E-state index is -2.47. The number of alkyl halides is 2. The second kappa shape index (κ2) is 9.56. The summed E-state index contributed by atoms with van der Waals surface area (Å²) in [4.78, 5) is 12.6. The molecule has 0 aliphatic heterocycles. The fourth-order valence-electron chi connectivity index (χ4n) is 2.36. The molecule has 0 aliphatic carbocycles. The fraction of sp³-hybridized carbons (Fsp3) is 0.167. The van der Waals surface area contributed by atoms with Crippen LogP contribution in [0.4, 0.5) is 14.5 Å². The van der Waals surface area contributed by atoms with Crippen LogP contribution in [0.15, 0.2) is 64.9 Å². The van der Waals surface area contributed by atoms with Crippen molar-refractivity contribution in [2.24, 2.45) is 0 Å². The molecule has 0 atom stereocenters. The number of ether oxygens (including phenoxy) is 1. The van der Waals surface area contributed by atoms with Gasteiger partial charge in [0.05, 0.1) is 18.6 Å². The van der Waals surface area contributed by atoms with Crippen LogP contribution in [-0.2, 0) is 4.79 Å². The van der Waals surface area contributed by atoms with Crippen molar-refractivity contribution in [1.29, 1.82) is 0 Å². The summed E-state index contributed by atoms with van der Waals surface area (Å²) in [5.74, 6) is -1.94. The van der Waals surface area contributed by atoms with Crippen LogP contribution in [0.25, 0.3) is 5.69 Å². The smallest absolute Gasteiger partial charge is 0.288 e. The van der Waals surface area contributed by atoms with Gasteiger partial charge in [0.15, 0.2) is 5.16 Å². The predicted molar refractivity (Wildman–Crippen MR) is 106 cm³/mol. The standard InChI is InChI=1S/C18H16F2N4O2S2/c1-26-15-5-3-2-4-14(15)24-11-21-23-18(24)27-10-16(25)22-12-6-8-13(9-7-12)28-17(19)20/h2-9,11,17H,10H2,1H3,(H,22,25). The summed E-state index contributed by atoms with van der Waals surface area (Å²) in [5, 5.41) is 11.2. The van der Waals surface area contributed by atoms with Gasteiger partial charge >= 0.3 is 0 Å². The zero-order chi connectivity index (χ0) is 19.9. The molecule has 28 heavy (non-hydrogen) atoms. The second-order valence-corrected chi connectivity index (χ2v) is 7.40. The number of aromatic nitrogens is 3. The van der Waals surface area contributed by atoms with Crippen LogP contribution in [0.2, 0.25) is 0 Å². The molecular weight excluding hydrogens is 406 g/mol. The van der Waals surface area contributed by atoms with Crippen LogP contribution < -0.4 is 10.1 Å². The SMILES string of the molecule is COc1ccccc1-n1cnnc1SCC(=O)Nc1ccc(SC(F)F)cc1. The molecule has 146 valence electrons. The van der Waals surface area contributed by atoms with Crippen molar-refractivity contribution in [3.05, 3.63) is 54.9 Å². The Kier molecular flexibility index (Phi) is 6.88. The summed E-state index contributed by atoms with van der Waals surface area (Å²) < 4.78 is 31.8. The lowest BCUT2D eigenvalue weighted by Crippen LogP contribution is -2.14. The maximum atomic E-state index is 12.3. The maximum Gasteiger partial charge on any atom is 0.288 e. The van der Waals surface area contributed by atoms with Gasteiger partial charge in [-0.05, 0) is 36.4 Å². The van der Waals surface area contributed by atoms with Crippen LogP contribution in [0, 0.1) is 0 Å². The highest BCUT2D eigenvalue weighted by Gasteiger charge is 2.13. The molecule has 1 amide bonds. The van der Waals surface area contributed by atoms with Crippen LogP contribution in [0.1, 0.15) is 0 Å². The summed E-state index contributed by atoms with van der Waals surface area (Å²) in [5.41, 5.74) is 1.31. The van der Waals surface area contributed by atoms with Crippen LogP contribution in [0.3, 0.4) is 0 Å². The number of halogens is 2. The third-order valence-electron chi connectivity index (χ3n) is 3.56. The van der Waals surface area contributed by atoms with E-state index in [0.717, 1.165) is 5.69 Å². The van der Waals surface area contributed by atoms with Crippen molar-refractivity contribution in [2.45, 2.75) is 15.8 Å². The minimum Gasteiger partial charge on any atom is -0.495 e. The largest absolute Gasteiger partial charge is 0.495 e. The average Bonchev–Trinajstić information content (AvgIpc) is 3.16. The van der Waals surface area contributed by atoms with Gasteiger partial charge in [-0.3, -0.25) is 9.36 Å². The van der Waals surface area contributed by atoms with Crippen molar-refractivity contribution in [3.63, 3.8) is 0 Å². The first-order valence-corrected chi connectivity index (χ1v) is 9.94. The Hall–Kier alpha value is -2.59. The Bertz CT molecular complexity index is 935. The molecule has 3 rings (SSSR count). The van der Waals surface area contributed by atoms with E-state index in [9.17, 15) is 13.6 Å². The van der Waals surface area contributed by atoms with Gasteiger partial charge in [-0.2, -0.15) is 8.78 Å². The third-order valence-corrected chi connectivity index (χ3v) is 5.22. The summed E-state index contributed by atoms with van der Waals surface area (Å²) in [6, 6.07) is 13.7. The predicted octanol–water partition coefficient (Wildman–Crippen LogP) is 4.32. The molecule has 0 bridgehead atoms. The van der Waals surface area contributed by atoms with E-state index in [1.807, 2.05) is 24.3 Å². The van der Waals surface area contributed by atoms with Crippen molar-refractivity contribution in [2.75, 3.05) is 18.2 Å². The number of hydrogen-bond acceptors (Lipinski definition) is 6. The highest BCUT2D eigenvalue weighted by Crippen LogP contribution is 2.28. The summed E-state index contributed by atoms with van der Waals surface area (Å²) in [6.45, 7) is 0. The highest BCUT2D eigenvalue weighted by molar-refractivity contribution is 8.00. The van der Waals surface area contributed by atoms with E-state index in [4.69, 9.17) is 4.74 Å². The Morgan fingerprint density at radius 2 is 1.96 bits per heavy atom. The van der Waals surface area contributed by atoms with E-state index in [1.54, 1.807) is 30.1 Å². The van der Waals surface area contributed by atoms with E-state index < -0.39 is 5.76 Å². The van der Waals surface area contributed by atoms with E-state index in [1.165, 1.54) is 23.9 Å². The number of carbonyl (C=O) groups is 1. The number of nitrogens with one attached hydrogen (secondary N) is 1. The highest BCUT2D eigenvalue weighted by atomic mass is 32.2. The molecule has 1 N–H and O–H groups in total. The monoisotopic (exact) mass is 422 g/mol. The number of thioether (sulfide) groups is 2. The lowest BCUT2D eigenvalue weighted by atomic mass is 10.3. The van der Waals surface area contributed by atoms with Crippen LogP contribution >= 0.6 is 23.5 Å². The zero-order valence-corrected chi connectivity index (χ0v) is 16.3. The summed E-state index contributed by atoms with van der Waals surface area (Å²) in [7, 11) is 1.58. The second-order valence-electron chi connectivity index (χ2n) is 5.40. The maximum absolute atomic E-state index is 12.3. The number of methoxy groups -OCH3 is 1. The first-order chi connectivity index (χ1) is 13.6. The van der Waals surface area contributed by atoms with E-state index >= 15 is 0 Å². The Balaban J connectivity index is 1.61. The molecule has 2 aromatic carbocycles. The van der Waals surface area contributed by atoms with Gasteiger partial charge in [0, 0.05) is 10.6 Å². The fourth-order valence-corrected chi connectivity index (χ4v) is 3.58. The number of amides is 1. The van der Waals surface area contributed by atoms with Crippen LogP contribution in [-0.4, -0.2) is 39.3 Å². The van der Waals surface area contributed by atoms with Gasteiger partial charge in [-0.15, -0.1) is 10.2 Å². The molecular formula is C18H16F2N4O2S2. The molecule has 0 unspecified atom stereocenters. The molecule has 0 saturated carbocycles. The topological polar surface area (TPSA) is 69.0 Å². The molecule has 1 heterocycles. The number of benzene rings is 2. The normalized spacial score (nSPS) is 10.9. The molecule has 0 fully saturated rings. The van der Waals surface area contributed by atoms with Gasteiger partial charge < -0.3 is 10.1 Å². The van der Waals surface area contributed by atoms with Crippen molar-refractivity contribution < 1.29 is 18.3 Å². The summed E-state index contributed by atoms with van der Waals surface area (Å²) >= 11 is 1.68. The lowest BCUT2D eigenvalue weighted by molar-refractivity contribution is -0.113. The quantitative estimate of drug-likeness (QED) is 0.545. The van der Waals surface area contributed by atoms with Crippen molar-refractivity contribution >= 4 is 35.1 Å². The van der Waals surface area contributed by atoms with Gasteiger partial charge in [0.1, 0.15) is 12.1 Å². The number of nitrogens with zero attached hydrogens (tertiary/aromatic N) is 3. The van der Waals surface area contributed by atoms with Gasteiger partial charge in [0.2, 0.25) is 5.91 Å². The van der Waals surface area contributed by atoms with Crippen molar-refractivity contribution in [3.8, 4) is 11.4 Å².